The van der Waals surface area contributed by atoms with E-state index in [1.165, 1.54) is 11.3 Å². The molecule has 3 rings (SSSR count). The number of amides is 3. The van der Waals surface area contributed by atoms with Crippen molar-refractivity contribution >= 4 is 34.7 Å². The summed E-state index contributed by atoms with van der Waals surface area (Å²) in [6, 6.07) is 11.6. The summed E-state index contributed by atoms with van der Waals surface area (Å²) in [5, 5.41) is 6.84. The number of thiophene rings is 1. The van der Waals surface area contributed by atoms with Gasteiger partial charge in [0.15, 0.2) is 0 Å². The van der Waals surface area contributed by atoms with Crippen LogP contribution in [0.2, 0.25) is 0 Å². The summed E-state index contributed by atoms with van der Waals surface area (Å²) in [5.41, 5.74) is 8.97. The third-order valence-corrected chi connectivity index (χ3v) is 4.14. The van der Waals surface area contributed by atoms with Gasteiger partial charge in [-0.15, -0.1) is 11.3 Å². The van der Waals surface area contributed by atoms with E-state index in [9.17, 15) is 9.59 Å². The third-order valence-electron chi connectivity index (χ3n) is 3.22. The van der Waals surface area contributed by atoms with Crippen LogP contribution < -0.4 is 16.2 Å². The number of benzene rings is 1. The van der Waals surface area contributed by atoms with Crippen molar-refractivity contribution in [2.45, 2.75) is 12.5 Å². The van der Waals surface area contributed by atoms with E-state index in [0.29, 0.717) is 17.8 Å². The molecule has 118 valence electrons. The van der Waals surface area contributed by atoms with Gasteiger partial charge in [-0.1, -0.05) is 29.4 Å². The summed E-state index contributed by atoms with van der Waals surface area (Å²) in [5.74, 6) is -0.483. The molecular weight excluding hydrogens is 316 g/mol. The van der Waals surface area contributed by atoms with Gasteiger partial charge in [0.2, 0.25) is 6.10 Å². The lowest BCUT2D eigenvalue weighted by Gasteiger charge is -2.22. The molecule has 1 aliphatic rings. The van der Waals surface area contributed by atoms with Crippen molar-refractivity contribution in [1.29, 1.82) is 0 Å². The van der Waals surface area contributed by atoms with Crippen molar-refractivity contribution in [1.82, 2.24) is 5.43 Å². The highest BCUT2D eigenvalue weighted by Crippen LogP contribution is 2.20. The second kappa shape index (κ2) is 6.49. The van der Waals surface area contributed by atoms with Gasteiger partial charge in [-0.05, 0) is 23.6 Å². The number of hydrazine groups is 1. The molecule has 0 saturated heterocycles. The van der Waals surface area contributed by atoms with E-state index in [-0.39, 0.29) is 0 Å². The first-order valence-electron chi connectivity index (χ1n) is 6.87. The molecule has 0 aliphatic carbocycles. The molecule has 3 amide bonds. The summed E-state index contributed by atoms with van der Waals surface area (Å²) < 4.78 is 0. The van der Waals surface area contributed by atoms with Gasteiger partial charge in [0.25, 0.3) is 5.91 Å². The van der Waals surface area contributed by atoms with Crippen LogP contribution in [-0.4, -0.2) is 23.8 Å². The molecule has 2 aromatic rings. The highest BCUT2D eigenvalue weighted by molar-refractivity contribution is 7.12. The van der Waals surface area contributed by atoms with Crippen LogP contribution >= 0.6 is 11.3 Å². The van der Waals surface area contributed by atoms with Crippen molar-refractivity contribution in [3.05, 3.63) is 52.7 Å². The minimum atomic E-state index is -0.794. The first kappa shape index (κ1) is 15.0. The molecular formula is C15H14N4O3S. The molecule has 1 aromatic carbocycles. The van der Waals surface area contributed by atoms with Crippen LogP contribution in [0.3, 0.4) is 0 Å². The molecule has 0 bridgehead atoms. The Morgan fingerprint density at radius 2 is 2.04 bits per heavy atom. The Bertz CT molecular complexity index is 730. The van der Waals surface area contributed by atoms with E-state index in [1.54, 1.807) is 30.3 Å². The fraction of sp³-hybridized carbons (Fsp3) is 0.133. The van der Waals surface area contributed by atoms with Gasteiger partial charge >= 0.3 is 6.03 Å². The van der Waals surface area contributed by atoms with Gasteiger partial charge < -0.3 is 10.6 Å². The van der Waals surface area contributed by atoms with Gasteiger partial charge in [0.1, 0.15) is 5.71 Å². The van der Waals surface area contributed by atoms with E-state index in [0.717, 1.165) is 9.89 Å². The summed E-state index contributed by atoms with van der Waals surface area (Å²) >= 11 is 1.52. The summed E-state index contributed by atoms with van der Waals surface area (Å²) in [7, 11) is 0. The molecule has 1 atom stereocenters. The topological polar surface area (TPSA) is 97.0 Å². The zero-order valence-electron chi connectivity index (χ0n) is 12.0. The number of nitrogens with zero attached hydrogens (tertiary/aromatic N) is 2. The molecule has 3 N–H and O–H groups in total. The maximum atomic E-state index is 12.3. The molecule has 7 nitrogen and oxygen atoms in total. The van der Waals surface area contributed by atoms with Crippen LogP contribution in [0, 0.1) is 0 Å². The molecule has 2 heterocycles. The van der Waals surface area contributed by atoms with Crippen LogP contribution in [-0.2, 0) is 9.63 Å². The standard InChI is InChI=1S/C15H14N4O3S/c16-15(21)19(10-5-2-1-3-6-10)17-14(20)12-9-11(18-22-12)13-7-4-8-23-13/h1-8,12H,9H2,(H2,16,21)(H,17,20). The number of rotatable bonds is 3. The molecule has 0 fully saturated rings. The number of nitrogens with one attached hydrogen (secondary N) is 1. The number of anilines is 1. The van der Waals surface area contributed by atoms with Crippen LogP contribution in [0.5, 0.6) is 0 Å². The van der Waals surface area contributed by atoms with Crippen molar-refractivity contribution in [2.24, 2.45) is 10.9 Å². The molecule has 0 radical (unpaired) electrons. The number of nitrogens with two attached hydrogens (primary N) is 1. The molecule has 1 aromatic heterocycles. The number of para-hydroxylation sites is 1. The van der Waals surface area contributed by atoms with E-state index >= 15 is 0 Å². The molecule has 1 unspecified atom stereocenters. The van der Waals surface area contributed by atoms with E-state index < -0.39 is 18.0 Å². The number of primary amides is 1. The molecule has 0 spiro atoms. The second-order valence-electron chi connectivity index (χ2n) is 4.80. The van der Waals surface area contributed by atoms with Crippen molar-refractivity contribution < 1.29 is 14.4 Å². The van der Waals surface area contributed by atoms with E-state index in [2.05, 4.69) is 10.6 Å². The van der Waals surface area contributed by atoms with Crippen LogP contribution in [0.15, 0.2) is 53.0 Å². The number of hydrogen-bond donors (Lipinski definition) is 2. The molecule has 1 aliphatic heterocycles. The number of urea groups is 1. The second-order valence-corrected chi connectivity index (χ2v) is 5.75. The first-order valence-corrected chi connectivity index (χ1v) is 7.75. The van der Waals surface area contributed by atoms with Gasteiger partial charge in [0.05, 0.1) is 10.6 Å². The Morgan fingerprint density at radius 3 is 2.70 bits per heavy atom. The van der Waals surface area contributed by atoms with Crippen molar-refractivity contribution in [2.75, 3.05) is 5.01 Å². The van der Waals surface area contributed by atoms with Gasteiger partial charge in [0, 0.05) is 6.42 Å². The molecule has 8 heteroatoms. The van der Waals surface area contributed by atoms with Crippen LogP contribution in [0.25, 0.3) is 0 Å². The van der Waals surface area contributed by atoms with Gasteiger partial charge in [-0.3, -0.25) is 10.2 Å². The number of carbonyl (C=O) groups is 2. The van der Waals surface area contributed by atoms with Gasteiger partial charge in [-0.2, -0.15) is 0 Å². The summed E-state index contributed by atoms with van der Waals surface area (Å²) in [4.78, 5) is 30.0. The summed E-state index contributed by atoms with van der Waals surface area (Å²) in [6.07, 6.45) is -0.453. The largest absolute Gasteiger partial charge is 0.382 e. The number of oxime groups is 1. The fourth-order valence-electron chi connectivity index (χ4n) is 2.11. The maximum Gasteiger partial charge on any atom is 0.338 e. The molecule has 23 heavy (non-hydrogen) atoms. The van der Waals surface area contributed by atoms with Crippen LogP contribution in [0.4, 0.5) is 10.5 Å². The smallest absolute Gasteiger partial charge is 0.338 e. The lowest BCUT2D eigenvalue weighted by atomic mass is 10.1. The highest BCUT2D eigenvalue weighted by atomic mass is 32.1. The third kappa shape index (κ3) is 3.32. The Morgan fingerprint density at radius 1 is 1.26 bits per heavy atom. The lowest BCUT2D eigenvalue weighted by Crippen LogP contribution is -2.52. The maximum absolute atomic E-state index is 12.3. The minimum absolute atomic E-state index is 0.341. The normalized spacial score (nSPS) is 16.3. The SMILES string of the molecule is NC(=O)N(NC(=O)C1CC(c2cccs2)=NO1)c1ccccc1. The van der Waals surface area contributed by atoms with Crippen molar-refractivity contribution in [3.63, 3.8) is 0 Å². The average molecular weight is 330 g/mol. The Labute approximate surface area is 136 Å². The predicted molar refractivity (Wildman–Crippen MR) is 87.0 cm³/mol. The van der Waals surface area contributed by atoms with Crippen molar-refractivity contribution in [3.8, 4) is 0 Å². The Kier molecular flexibility index (Phi) is 4.24. The zero-order chi connectivity index (χ0) is 16.2. The summed E-state index contributed by atoms with van der Waals surface area (Å²) in [6.45, 7) is 0. The van der Waals surface area contributed by atoms with Gasteiger partial charge in [-0.25, -0.2) is 9.80 Å². The fourth-order valence-corrected chi connectivity index (χ4v) is 2.83. The number of hydrogen-bond acceptors (Lipinski definition) is 5. The van der Waals surface area contributed by atoms with E-state index in [1.807, 2.05) is 17.5 Å². The van der Waals surface area contributed by atoms with Crippen LogP contribution in [0.1, 0.15) is 11.3 Å². The average Bonchev–Trinajstić information content (AvgIpc) is 3.23. The minimum Gasteiger partial charge on any atom is -0.382 e. The number of carbonyl (C=O) groups excluding carboxylic acids is 2. The Hall–Kier alpha value is -2.87. The monoisotopic (exact) mass is 330 g/mol. The predicted octanol–water partition coefficient (Wildman–Crippen LogP) is 1.86. The zero-order valence-corrected chi connectivity index (χ0v) is 12.8. The first-order chi connectivity index (χ1) is 11.1. The lowest BCUT2D eigenvalue weighted by molar-refractivity contribution is -0.131. The Balaban J connectivity index is 1.66. The quantitative estimate of drug-likeness (QED) is 0.841. The van der Waals surface area contributed by atoms with E-state index in [4.69, 9.17) is 10.6 Å². The highest BCUT2D eigenvalue weighted by Gasteiger charge is 2.31. The molecule has 0 saturated carbocycles.